The molecule has 7 nitrogen and oxygen atoms in total. The minimum Gasteiger partial charge on any atom is -0.453 e. The summed E-state index contributed by atoms with van der Waals surface area (Å²) in [4.78, 5) is 34.0. The highest BCUT2D eigenvalue weighted by Gasteiger charge is 2.21. The third-order valence-electron chi connectivity index (χ3n) is 2.60. The van der Waals surface area contributed by atoms with Crippen LogP contribution in [0, 0.1) is 0 Å². The number of alkyl carbamates (subject to hydrolysis) is 1. The molecule has 2 N–H and O–H groups in total. The van der Waals surface area contributed by atoms with E-state index >= 15 is 0 Å². The predicted octanol–water partition coefficient (Wildman–Crippen LogP) is 0.590. The molecule has 7 heteroatoms. The van der Waals surface area contributed by atoms with Crippen LogP contribution in [0.25, 0.3) is 0 Å². The van der Waals surface area contributed by atoms with Gasteiger partial charge in [0.2, 0.25) is 5.91 Å². The Labute approximate surface area is 122 Å². The summed E-state index contributed by atoms with van der Waals surface area (Å²) in [7, 11) is 1.21. The van der Waals surface area contributed by atoms with Gasteiger partial charge in [0.25, 0.3) is 0 Å². The molecule has 1 aromatic carbocycles. The molecule has 0 heterocycles. The Hall–Kier alpha value is -2.57. The quantitative estimate of drug-likeness (QED) is 0.591. The highest BCUT2D eigenvalue weighted by atomic mass is 16.5. The molecule has 2 amide bonds. The van der Waals surface area contributed by atoms with Crippen LogP contribution in [0.3, 0.4) is 0 Å². The van der Waals surface area contributed by atoms with Gasteiger partial charge in [0, 0.05) is 13.3 Å². The zero-order chi connectivity index (χ0) is 15.7. The number of carbonyl (C=O) groups excluding carboxylic acids is 3. The first kappa shape index (κ1) is 16.5. The number of carbonyl (C=O) groups is 3. The molecule has 21 heavy (non-hydrogen) atoms. The third kappa shape index (κ3) is 6.42. The van der Waals surface area contributed by atoms with Crippen molar-refractivity contribution in [1.82, 2.24) is 10.6 Å². The van der Waals surface area contributed by atoms with Crippen molar-refractivity contribution in [2.24, 2.45) is 0 Å². The first-order chi connectivity index (χ1) is 10.0. The number of rotatable bonds is 6. The molecule has 1 aromatic rings. The molecule has 114 valence electrons. The van der Waals surface area contributed by atoms with Crippen molar-refractivity contribution < 1.29 is 23.9 Å². The largest absolute Gasteiger partial charge is 0.453 e. The van der Waals surface area contributed by atoms with Crippen LogP contribution in [0.1, 0.15) is 12.5 Å². The molecule has 0 radical (unpaired) electrons. The summed E-state index contributed by atoms with van der Waals surface area (Å²) in [6.07, 6.45) is -0.416. The number of methoxy groups -OCH3 is 1. The molecule has 1 unspecified atom stereocenters. The summed E-state index contributed by atoms with van der Waals surface area (Å²) in [5, 5.41) is 4.85. The van der Waals surface area contributed by atoms with Gasteiger partial charge in [-0.1, -0.05) is 30.3 Å². The van der Waals surface area contributed by atoms with Gasteiger partial charge in [0.15, 0.2) is 6.73 Å². The van der Waals surface area contributed by atoms with Crippen molar-refractivity contribution >= 4 is 18.0 Å². The second-order valence-electron chi connectivity index (χ2n) is 4.20. The average molecular weight is 294 g/mol. The SMILES string of the molecule is COC(=O)NC(Cc1ccccc1)C(=O)NCOC(C)=O. The van der Waals surface area contributed by atoms with Gasteiger partial charge < -0.3 is 20.1 Å². The molecular weight excluding hydrogens is 276 g/mol. The predicted molar refractivity (Wildman–Crippen MR) is 74.3 cm³/mol. The van der Waals surface area contributed by atoms with E-state index in [0.29, 0.717) is 6.42 Å². The smallest absolute Gasteiger partial charge is 0.407 e. The van der Waals surface area contributed by atoms with E-state index in [2.05, 4.69) is 20.1 Å². The fourth-order valence-electron chi connectivity index (χ4n) is 1.59. The highest BCUT2D eigenvalue weighted by Crippen LogP contribution is 2.03. The lowest BCUT2D eigenvalue weighted by Crippen LogP contribution is -2.48. The van der Waals surface area contributed by atoms with Crippen LogP contribution >= 0.6 is 0 Å². The molecule has 0 saturated carbocycles. The summed E-state index contributed by atoms with van der Waals surface area (Å²) in [6.45, 7) is 0.989. The molecule has 1 atom stereocenters. The maximum atomic E-state index is 12.0. The van der Waals surface area contributed by atoms with Gasteiger partial charge in [-0.2, -0.15) is 0 Å². The lowest BCUT2D eigenvalue weighted by Gasteiger charge is -2.17. The molecule has 0 aromatic heterocycles. The molecule has 0 aliphatic heterocycles. The Morgan fingerprint density at radius 1 is 1.19 bits per heavy atom. The van der Waals surface area contributed by atoms with E-state index in [1.807, 2.05) is 30.3 Å². The second-order valence-corrected chi connectivity index (χ2v) is 4.20. The number of ether oxygens (including phenoxy) is 2. The van der Waals surface area contributed by atoms with E-state index < -0.39 is 24.0 Å². The molecular formula is C14H18N2O5. The van der Waals surface area contributed by atoms with Crippen LogP contribution in [0.5, 0.6) is 0 Å². The number of hydrogen-bond acceptors (Lipinski definition) is 5. The lowest BCUT2D eigenvalue weighted by molar-refractivity contribution is -0.143. The van der Waals surface area contributed by atoms with Crippen LogP contribution in [0.4, 0.5) is 4.79 Å². The molecule has 0 bridgehead atoms. The molecule has 0 saturated heterocycles. The normalized spacial score (nSPS) is 11.1. The maximum Gasteiger partial charge on any atom is 0.407 e. The van der Waals surface area contributed by atoms with Crippen LogP contribution in [0.2, 0.25) is 0 Å². The van der Waals surface area contributed by atoms with Crippen molar-refractivity contribution in [2.45, 2.75) is 19.4 Å². The van der Waals surface area contributed by atoms with Gasteiger partial charge in [-0.3, -0.25) is 9.59 Å². The topological polar surface area (TPSA) is 93.7 Å². The summed E-state index contributed by atoms with van der Waals surface area (Å²) >= 11 is 0. The fourth-order valence-corrected chi connectivity index (χ4v) is 1.59. The maximum absolute atomic E-state index is 12.0. The number of benzene rings is 1. The summed E-state index contributed by atoms with van der Waals surface area (Å²) in [5.41, 5.74) is 0.876. The van der Waals surface area contributed by atoms with Crippen molar-refractivity contribution in [2.75, 3.05) is 13.8 Å². The van der Waals surface area contributed by atoms with E-state index in [-0.39, 0.29) is 6.73 Å². The van der Waals surface area contributed by atoms with Gasteiger partial charge in [-0.15, -0.1) is 0 Å². The monoisotopic (exact) mass is 294 g/mol. The Kier molecular flexibility index (Phi) is 6.73. The van der Waals surface area contributed by atoms with Crippen molar-refractivity contribution in [1.29, 1.82) is 0 Å². The Morgan fingerprint density at radius 3 is 2.43 bits per heavy atom. The Morgan fingerprint density at radius 2 is 1.86 bits per heavy atom. The van der Waals surface area contributed by atoms with Crippen LogP contribution in [-0.4, -0.2) is 37.9 Å². The summed E-state index contributed by atoms with van der Waals surface area (Å²) in [5.74, 6) is -0.971. The Bertz CT molecular complexity index is 489. The van der Waals surface area contributed by atoms with E-state index in [9.17, 15) is 14.4 Å². The van der Waals surface area contributed by atoms with Gasteiger partial charge in [0.05, 0.1) is 7.11 Å². The first-order valence-corrected chi connectivity index (χ1v) is 6.32. The number of nitrogens with one attached hydrogen (secondary N) is 2. The van der Waals surface area contributed by atoms with Crippen LogP contribution in [0.15, 0.2) is 30.3 Å². The minimum absolute atomic E-state index is 0.248. The van der Waals surface area contributed by atoms with Gasteiger partial charge >= 0.3 is 12.1 Å². The minimum atomic E-state index is -0.824. The summed E-state index contributed by atoms with van der Waals surface area (Å²) < 4.78 is 9.13. The summed E-state index contributed by atoms with van der Waals surface area (Å²) in [6, 6.07) is 8.38. The molecule has 0 spiro atoms. The first-order valence-electron chi connectivity index (χ1n) is 6.32. The number of hydrogen-bond donors (Lipinski definition) is 2. The number of esters is 1. The van der Waals surface area contributed by atoms with Gasteiger partial charge in [-0.25, -0.2) is 4.79 Å². The second kappa shape index (κ2) is 8.57. The third-order valence-corrected chi connectivity index (χ3v) is 2.60. The lowest BCUT2D eigenvalue weighted by atomic mass is 10.1. The van der Waals surface area contributed by atoms with Crippen molar-refractivity contribution in [3.8, 4) is 0 Å². The fraction of sp³-hybridized carbons (Fsp3) is 0.357. The average Bonchev–Trinajstić information content (AvgIpc) is 2.47. The standard InChI is InChI=1S/C14H18N2O5/c1-10(17)21-9-15-13(18)12(16-14(19)20-2)8-11-6-4-3-5-7-11/h3-7,12H,8-9H2,1-2H3,(H,15,18)(H,16,19). The number of amides is 2. The zero-order valence-corrected chi connectivity index (χ0v) is 11.9. The van der Waals surface area contributed by atoms with E-state index in [0.717, 1.165) is 5.56 Å². The molecule has 0 aliphatic carbocycles. The van der Waals surface area contributed by atoms with Crippen molar-refractivity contribution in [3.05, 3.63) is 35.9 Å². The molecule has 1 rings (SSSR count). The van der Waals surface area contributed by atoms with Gasteiger partial charge in [0.1, 0.15) is 6.04 Å². The van der Waals surface area contributed by atoms with Crippen molar-refractivity contribution in [3.63, 3.8) is 0 Å². The highest BCUT2D eigenvalue weighted by molar-refractivity contribution is 5.85. The Balaban J connectivity index is 2.65. The van der Waals surface area contributed by atoms with Crippen LogP contribution in [-0.2, 0) is 25.5 Å². The van der Waals surface area contributed by atoms with Gasteiger partial charge in [-0.05, 0) is 5.56 Å². The van der Waals surface area contributed by atoms with E-state index in [1.54, 1.807) is 0 Å². The van der Waals surface area contributed by atoms with Crippen LogP contribution < -0.4 is 10.6 Å². The molecule has 0 fully saturated rings. The van der Waals surface area contributed by atoms with E-state index in [4.69, 9.17) is 0 Å². The zero-order valence-electron chi connectivity index (χ0n) is 11.9. The molecule has 0 aliphatic rings. The van der Waals surface area contributed by atoms with E-state index in [1.165, 1.54) is 14.0 Å².